The molecule has 0 saturated carbocycles. The van der Waals surface area contributed by atoms with E-state index in [1.165, 1.54) is 51.4 Å². The highest BCUT2D eigenvalue weighted by Crippen LogP contribution is 2.11. The van der Waals surface area contributed by atoms with Crippen molar-refractivity contribution in [1.82, 2.24) is 4.98 Å². The van der Waals surface area contributed by atoms with Crippen molar-refractivity contribution in [2.24, 2.45) is 0 Å². The molecule has 0 spiro atoms. The Hall–Kier alpha value is -1.25. The first-order chi connectivity index (χ1) is 9.36. The molecule has 0 aliphatic carbocycles. The van der Waals surface area contributed by atoms with E-state index in [4.69, 9.17) is 4.74 Å². The second-order valence-corrected chi connectivity index (χ2v) is 4.97. The minimum absolute atomic E-state index is 0.668. The molecule has 3 nitrogen and oxygen atoms in total. The Kier molecular flexibility index (Phi) is 8.86. The molecule has 0 saturated heterocycles. The molecule has 1 aromatic rings. The third-order valence-electron chi connectivity index (χ3n) is 3.27. The number of rotatable bonds is 11. The maximum absolute atomic E-state index is 5.10. The van der Waals surface area contributed by atoms with E-state index in [2.05, 4.69) is 17.2 Å². The second kappa shape index (κ2) is 10.7. The van der Waals surface area contributed by atoms with E-state index in [1.807, 2.05) is 18.2 Å². The van der Waals surface area contributed by atoms with Crippen molar-refractivity contribution < 1.29 is 4.74 Å². The van der Waals surface area contributed by atoms with Crippen LogP contribution in [0, 0.1) is 0 Å². The van der Waals surface area contributed by atoms with Crippen molar-refractivity contribution in [3.05, 3.63) is 18.2 Å². The van der Waals surface area contributed by atoms with Gasteiger partial charge >= 0.3 is 0 Å². The average Bonchev–Trinajstić information content (AvgIpc) is 2.46. The summed E-state index contributed by atoms with van der Waals surface area (Å²) in [7, 11) is 1.64. The standard InChI is InChI=1S/C16H28N2O/c1-3-4-5-6-7-8-9-10-14-17-15-12-11-13-16(18-15)19-2/h11-13H,3-10,14H2,1-2H3,(H,17,18). The van der Waals surface area contributed by atoms with Crippen molar-refractivity contribution in [3.8, 4) is 5.88 Å². The fraction of sp³-hybridized carbons (Fsp3) is 0.688. The van der Waals surface area contributed by atoms with E-state index in [9.17, 15) is 0 Å². The molecule has 0 aliphatic heterocycles. The maximum Gasteiger partial charge on any atom is 0.214 e. The molecular formula is C16H28N2O. The zero-order valence-electron chi connectivity index (χ0n) is 12.5. The Morgan fingerprint density at radius 3 is 2.37 bits per heavy atom. The number of aromatic nitrogens is 1. The van der Waals surface area contributed by atoms with Crippen LogP contribution in [0.5, 0.6) is 5.88 Å². The molecule has 0 amide bonds. The fourth-order valence-electron chi connectivity index (χ4n) is 2.10. The molecule has 1 rings (SSSR count). The minimum Gasteiger partial charge on any atom is -0.481 e. The van der Waals surface area contributed by atoms with Gasteiger partial charge in [0.05, 0.1) is 7.11 Å². The number of hydrogen-bond acceptors (Lipinski definition) is 3. The molecule has 0 fully saturated rings. The van der Waals surface area contributed by atoms with Gasteiger partial charge in [0.2, 0.25) is 5.88 Å². The van der Waals surface area contributed by atoms with Gasteiger partial charge in [-0.05, 0) is 12.5 Å². The number of nitrogens with one attached hydrogen (secondary N) is 1. The summed E-state index contributed by atoms with van der Waals surface area (Å²) in [5.41, 5.74) is 0. The van der Waals surface area contributed by atoms with Crippen LogP contribution in [0.4, 0.5) is 5.82 Å². The molecule has 1 aromatic heterocycles. The highest BCUT2D eigenvalue weighted by atomic mass is 16.5. The Labute approximate surface area is 117 Å². The lowest BCUT2D eigenvalue weighted by molar-refractivity contribution is 0.398. The smallest absolute Gasteiger partial charge is 0.214 e. The van der Waals surface area contributed by atoms with Crippen LogP contribution in [0.25, 0.3) is 0 Å². The molecule has 108 valence electrons. The monoisotopic (exact) mass is 264 g/mol. The van der Waals surface area contributed by atoms with Crippen LogP contribution in [0.1, 0.15) is 58.3 Å². The largest absolute Gasteiger partial charge is 0.481 e. The lowest BCUT2D eigenvalue weighted by Crippen LogP contribution is -2.03. The average molecular weight is 264 g/mol. The molecule has 1 N–H and O–H groups in total. The van der Waals surface area contributed by atoms with Gasteiger partial charge in [-0.15, -0.1) is 0 Å². The maximum atomic E-state index is 5.10. The van der Waals surface area contributed by atoms with E-state index in [0.717, 1.165) is 12.4 Å². The molecule has 0 bridgehead atoms. The van der Waals surface area contributed by atoms with Crippen LogP contribution in [0.2, 0.25) is 0 Å². The summed E-state index contributed by atoms with van der Waals surface area (Å²) in [6.07, 6.45) is 10.8. The predicted octanol–water partition coefficient (Wildman–Crippen LogP) is 4.64. The molecule has 0 aliphatic rings. The first kappa shape index (κ1) is 15.8. The summed E-state index contributed by atoms with van der Waals surface area (Å²) in [5.74, 6) is 1.57. The van der Waals surface area contributed by atoms with Gasteiger partial charge in [0, 0.05) is 12.6 Å². The van der Waals surface area contributed by atoms with Crippen LogP contribution in [0.3, 0.4) is 0 Å². The summed E-state index contributed by atoms with van der Waals surface area (Å²) >= 11 is 0. The number of hydrogen-bond donors (Lipinski definition) is 1. The van der Waals surface area contributed by atoms with Crippen LogP contribution >= 0.6 is 0 Å². The summed E-state index contributed by atoms with van der Waals surface area (Å²) in [5, 5.41) is 3.34. The molecule has 3 heteroatoms. The minimum atomic E-state index is 0.668. The SMILES string of the molecule is CCCCCCCCCCNc1cccc(OC)n1. The quantitative estimate of drug-likeness (QED) is 0.591. The van der Waals surface area contributed by atoms with Crippen LogP contribution in [-0.4, -0.2) is 18.6 Å². The van der Waals surface area contributed by atoms with Crippen LogP contribution in [0.15, 0.2) is 18.2 Å². The Morgan fingerprint density at radius 2 is 1.68 bits per heavy atom. The zero-order chi connectivity index (χ0) is 13.8. The topological polar surface area (TPSA) is 34.1 Å². The van der Waals surface area contributed by atoms with Gasteiger partial charge in [-0.25, -0.2) is 0 Å². The lowest BCUT2D eigenvalue weighted by Gasteiger charge is -2.06. The van der Waals surface area contributed by atoms with Crippen LogP contribution in [-0.2, 0) is 0 Å². The van der Waals surface area contributed by atoms with Crippen molar-refractivity contribution in [3.63, 3.8) is 0 Å². The van der Waals surface area contributed by atoms with Crippen molar-refractivity contribution >= 4 is 5.82 Å². The van der Waals surface area contributed by atoms with Gasteiger partial charge in [-0.3, -0.25) is 0 Å². The Bertz CT molecular complexity index is 328. The number of pyridine rings is 1. The molecule has 0 radical (unpaired) electrons. The molecule has 0 aromatic carbocycles. The fourth-order valence-corrected chi connectivity index (χ4v) is 2.10. The highest BCUT2D eigenvalue weighted by molar-refractivity contribution is 5.36. The van der Waals surface area contributed by atoms with E-state index in [1.54, 1.807) is 7.11 Å². The Balaban J connectivity index is 1.98. The Morgan fingerprint density at radius 1 is 1.00 bits per heavy atom. The van der Waals surface area contributed by atoms with Crippen molar-refractivity contribution in [2.75, 3.05) is 19.0 Å². The van der Waals surface area contributed by atoms with E-state index < -0.39 is 0 Å². The molecular weight excluding hydrogens is 236 g/mol. The van der Waals surface area contributed by atoms with Gasteiger partial charge in [0.1, 0.15) is 5.82 Å². The lowest BCUT2D eigenvalue weighted by atomic mass is 10.1. The van der Waals surface area contributed by atoms with Gasteiger partial charge in [0.25, 0.3) is 0 Å². The van der Waals surface area contributed by atoms with Gasteiger partial charge in [0.15, 0.2) is 0 Å². The number of nitrogens with zero attached hydrogens (tertiary/aromatic N) is 1. The second-order valence-electron chi connectivity index (χ2n) is 4.97. The third-order valence-corrected chi connectivity index (χ3v) is 3.27. The van der Waals surface area contributed by atoms with Gasteiger partial charge in [-0.2, -0.15) is 4.98 Å². The summed E-state index contributed by atoms with van der Waals surface area (Å²) in [6.45, 7) is 3.26. The van der Waals surface area contributed by atoms with Crippen LogP contribution < -0.4 is 10.1 Å². The third kappa shape index (κ3) is 7.70. The van der Waals surface area contributed by atoms with E-state index in [-0.39, 0.29) is 0 Å². The first-order valence-electron chi connectivity index (χ1n) is 7.61. The molecule has 19 heavy (non-hydrogen) atoms. The highest BCUT2D eigenvalue weighted by Gasteiger charge is 1.96. The molecule has 0 unspecified atom stereocenters. The van der Waals surface area contributed by atoms with E-state index >= 15 is 0 Å². The van der Waals surface area contributed by atoms with Gasteiger partial charge in [-0.1, -0.05) is 57.9 Å². The number of ether oxygens (including phenoxy) is 1. The van der Waals surface area contributed by atoms with Crippen molar-refractivity contribution in [1.29, 1.82) is 0 Å². The zero-order valence-corrected chi connectivity index (χ0v) is 12.5. The number of unbranched alkanes of at least 4 members (excludes halogenated alkanes) is 7. The summed E-state index contributed by atoms with van der Waals surface area (Å²) in [4.78, 5) is 4.33. The first-order valence-corrected chi connectivity index (χ1v) is 7.61. The van der Waals surface area contributed by atoms with Gasteiger partial charge < -0.3 is 10.1 Å². The van der Waals surface area contributed by atoms with E-state index in [0.29, 0.717) is 5.88 Å². The number of methoxy groups -OCH3 is 1. The normalized spacial score (nSPS) is 10.4. The number of anilines is 1. The summed E-state index contributed by atoms with van der Waals surface area (Å²) in [6, 6.07) is 5.80. The predicted molar refractivity (Wildman–Crippen MR) is 81.9 cm³/mol. The molecule has 0 atom stereocenters. The van der Waals surface area contributed by atoms with Crippen molar-refractivity contribution in [2.45, 2.75) is 58.3 Å². The summed E-state index contributed by atoms with van der Waals surface area (Å²) < 4.78 is 5.10. The molecule has 1 heterocycles.